The van der Waals surface area contributed by atoms with Gasteiger partial charge in [-0.1, -0.05) is 0 Å². The van der Waals surface area contributed by atoms with E-state index in [1.807, 2.05) is 0 Å². The molecule has 0 aromatic carbocycles. The summed E-state index contributed by atoms with van der Waals surface area (Å²) in [5.41, 5.74) is 6.39. The number of hydrogen-bond donors (Lipinski definition) is 1. The molecule has 2 rings (SSSR count). The standard InChI is InChI=1S/C10H11N3O2S/c1-13(15-2)10(14)9-8(11)6-3-4-12-5-7(6)16-9/h3-5H,11H2,1-2H3. The Kier molecular flexibility index (Phi) is 2.76. The maximum absolute atomic E-state index is 11.9. The summed E-state index contributed by atoms with van der Waals surface area (Å²) in [6.07, 6.45) is 3.35. The highest BCUT2D eigenvalue weighted by Gasteiger charge is 2.19. The minimum absolute atomic E-state index is 0.249. The van der Waals surface area contributed by atoms with Crippen molar-refractivity contribution in [2.45, 2.75) is 0 Å². The van der Waals surface area contributed by atoms with E-state index in [0.717, 1.165) is 15.1 Å². The van der Waals surface area contributed by atoms with Crippen molar-refractivity contribution >= 4 is 33.0 Å². The number of fused-ring (bicyclic) bond motifs is 1. The summed E-state index contributed by atoms with van der Waals surface area (Å²) in [4.78, 5) is 21.2. The first kappa shape index (κ1) is 10.8. The molecule has 0 aliphatic carbocycles. The van der Waals surface area contributed by atoms with Crippen molar-refractivity contribution in [2.24, 2.45) is 0 Å². The fourth-order valence-corrected chi connectivity index (χ4v) is 2.41. The molecule has 6 heteroatoms. The number of anilines is 1. The molecule has 2 heterocycles. The van der Waals surface area contributed by atoms with Crippen LogP contribution in [-0.2, 0) is 4.84 Å². The molecule has 0 saturated heterocycles. The van der Waals surface area contributed by atoms with Gasteiger partial charge < -0.3 is 5.73 Å². The summed E-state index contributed by atoms with van der Waals surface area (Å²) in [6, 6.07) is 1.80. The zero-order valence-corrected chi connectivity index (χ0v) is 9.75. The van der Waals surface area contributed by atoms with E-state index in [9.17, 15) is 4.79 Å². The number of nitrogens with two attached hydrogens (primary N) is 1. The third kappa shape index (κ3) is 1.62. The average Bonchev–Trinajstić information content (AvgIpc) is 2.65. The monoisotopic (exact) mass is 237 g/mol. The zero-order chi connectivity index (χ0) is 11.7. The molecule has 2 aromatic rings. The molecule has 0 spiro atoms. The lowest BCUT2D eigenvalue weighted by Crippen LogP contribution is -2.25. The molecule has 1 amide bonds. The van der Waals surface area contributed by atoms with Crippen molar-refractivity contribution < 1.29 is 9.63 Å². The molecule has 16 heavy (non-hydrogen) atoms. The van der Waals surface area contributed by atoms with Crippen molar-refractivity contribution in [1.29, 1.82) is 0 Å². The Morgan fingerprint density at radius 3 is 3.00 bits per heavy atom. The molecule has 0 atom stereocenters. The first-order valence-electron chi connectivity index (χ1n) is 4.59. The summed E-state index contributed by atoms with van der Waals surface area (Å²) in [5.74, 6) is -0.249. The Hall–Kier alpha value is -1.66. The summed E-state index contributed by atoms with van der Waals surface area (Å²) >= 11 is 1.32. The largest absolute Gasteiger partial charge is 0.397 e. The molecular formula is C10H11N3O2S. The first-order valence-corrected chi connectivity index (χ1v) is 5.41. The van der Waals surface area contributed by atoms with E-state index in [0.29, 0.717) is 10.6 Å². The van der Waals surface area contributed by atoms with Crippen LogP contribution in [0.4, 0.5) is 5.69 Å². The van der Waals surface area contributed by atoms with E-state index in [2.05, 4.69) is 4.98 Å². The summed E-state index contributed by atoms with van der Waals surface area (Å²) in [5, 5.41) is 2.00. The van der Waals surface area contributed by atoms with Crippen molar-refractivity contribution in [3.8, 4) is 0 Å². The number of nitrogens with zero attached hydrogens (tertiary/aromatic N) is 2. The summed E-state index contributed by atoms with van der Waals surface area (Å²) < 4.78 is 0.896. The second kappa shape index (κ2) is 4.07. The van der Waals surface area contributed by atoms with E-state index in [-0.39, 0.29) is 5.91 Å². The molecule has 0 aliphatic heterocycles. The van der Waals surface area contributed by atoms with Gasteiger partial charge in [-0.25, -0.2) is 5.06 Å². The summed E-state index contributed by atoms with van der Waals surface area (Å²) in [6.45, 7) is 0. The van der Waals surface area contributed by atoms with Gasteiger partial charge in [0.25, 0.3) is 5.91 Å². The molecule has 0 saturated carbocycles. The molecule has 2 N–H and O–H groups in total. The van der Waals surface area contributed by atoms with Crippen LogP contribution in [0, 0.1) is 0 Å². The lowest BCUT2D eigenvalue weighted by Gasteiger charge is -2.12. The van der Waals surface area contributed by atoms with E-state index in [1.54, 1.807) is 25.5 Å². The van der Waals surface area contributed by atoms with Crippen LogP contribution in [0.5, 0.6) is 0 Å². The lowest BCUT2D eigenvalue weighted by molar-refractivity contribution is -0.0753. The van der Waals surface area contributed by atoms with Gasteiger partial charge in [-0.2, -0.15) is 0 Å². The molecule has 0 radical (unpaired) electrons. The normalized spacial score (nSPS) is 10.6. The van der Waals surface area contributed by atoms with E-state index in [1.165, 1.54) is 18.4 Å². The van der Waals surface area contributed by atoms with Crippen LogP contribution in [0.3, 0.4) is 0 Å². The van der Waals surface area contributed by atoms with Gasteiger partial charge in [-0.3, -0.25) is 14.6 Å². The molecule has 0 bridgehead atoms. The quantitative estimate of drug-likeness (QED) is 0.804. The SMILES string of the molecule is CON(C)C(=O)c1sc2cnccc2c1N. The van der Waals surface area contributed by atoms with Gasteiger partial charge in [0, 0.05) is 24.8 Å². The predicted octanol–water partition coefficient (Wildman–Crippen LogP) is 1.51. The molecule has 0 aliphatic rings. The Labute approximate surface area is 96.4 Å². The van der Waals surface area contributed by atoms with Crippen LogP contribution in [0.25, 0.3) is 10.1 Å². The molecule has 2 aromatic heterocycles. The number of nitrogen functional groups attached to an aromatic ring is 1. The highest BCUT2D eigenvalue weighted by molar-refractivity contribution is 7.21. The third-order valence-corrected chi connectivity index (χ3v) is 3.43. The molecule has 5 nitrogen and oxygen atoms in total. The lowest BCUT2D eigenvalue weighted by atomic mass is 10.2. The molecule has 0 unspecified atom stereocenters. The van der Waals surface area contributed by atoms with Crippen molar-refractivity contribution in [3.05, 3.63) is 23.3 Å². The number of amides is 1. The Balaban J connectivity index is 2.53. The number of aromatic nitrogens is 1. The topological polar surface area (TPSA) is 68.5 Å². The smallest absolute Gasteiger partial charge is 0.289 e. The maximum atomic E-state index is 11.9. The Bertz CT molecular complexity index is 538. The third-order valence-electron chi connectivity index (χ3n) is 2.29. The van der Waals surface area contributed by atoms with Crippen LogP contribution in [0.2, 0.25) is 0 Å². The van der Waals surface area contributed by atoms with Gasteiger partial charge in [-0.15, -0.1) is 11.3 Å². The van der Waals surface area contributed by atoms with Crippen molar-refractivity contribution in [1.82, 2.24) is 10.0 Å². The van der Waals surface area contributed by atoms with E-state index >= 15 is 0 Å². The predicted molar refractivity (Wildman–Crippen MR) is 63.1 cm³/mol. The number of pyridine rings is 1. The number of thiophene rings is 1. The van der Waals surface area contributed by atoms with Crippen molar-refractivity contribution in [2.75, 3.05) is 19.9 Å². The number of hydroxylamine groups is 2. The van der Waals surface area contributed by atoms with Gasteiger partial charge in [0.05, 0.1) is 17.5 Å². The van der Waals surface area contributed by atoms with Crippen LogP contribution < -0.4 is 5.73 Å². The number of carbonyl (C=O) groups excluding carboxylic acids is 1. The summed E-state index contributed by atoms with van der Waals surface area (Å²) in [7, 11) is 2.98. The Morgan fingerprint density at radius 1 is 1.62 bits per heavy atom. The number of rotatable bonds is 2. The Morgan fingerprint density at radius 2 is 2.38 bits per heavy atom. The van der Waals surface area contributed by atoms with Crippen molar-refractivity contribution in [3.63, 3.8) is 0 Å². The van der Waals surface area contributed by atoms with Gasteiger partial charge in [-0.05, 0) is 6.07 Å². The number of carbonyl (C=O) groups is 1. The fourth-order valence-electron chi connectivity index (χ4n) is 1.36. The van der Waals surface area contributed by atoms with Crippen LogP contribution in [-0.4, -0.2) is 30.1 Å². The first-order chi connectivity index (χ1) is 7.65. The van der Waals surface area contributed by atoms with Gasteiger partial charge in [0.1, 0.15) is 4.88 Å². The van der Waals surface area contributed by atoms with E-state index in [4.69, 9.17) is 10.6 Å². The van der Waals surface area contributed by atoms with Crippen LogP contribution in [0.15, 0.2) is 18.5 Å². The minimum atomic E-state index is -0.249. The maximum Gasteiger partial charge on any atom is 0.289 e. The zero-order valence-electron chi connectivity index (χ0n) is 8.93. The highest BCUT2D eigenvalue weighted by atomic mass is 32.1. The molecule has 0 fully saturated rings. The van der Waals surface area contributed by atoms with Crippen LogP contribution >= 0.6 is 11.3 Å². The molecule has 84 valence electrons. The average molecular weight is 237 g/mol. The van der Waals surface area contributed by atoms with E-state index < -0.39 is 0 Å². The van der Waals surface area contributed by atoms with Gasteiger partial charge in [0.2, 0.25) is 0 Å². The fraction of sp³-hybridized carbons (Fsp3) is 0.200. The minimum Gasteiger partial charge on any atom is -0.397 e. The second-order valence-corrected chi connectivity index (χ2v) is 4.25. The number of hydrogen-bond acceptors (Lipinski definition) is 5. The van der Waals surface area contributed by atoms with Gasteiger partial charge >= 0.3 is 0 Å². The van der Waals surface area contributed by atoms with Gasteiger partial charge in [0.15, 0.2) is 0 Å². The second-order valence-electron chi connectivity index (χ2n) is 3.20. The van der Waals surface area contributed by atoms with Crippen LogP contribution in [0.1, 0.15) is 9.67 Å². The highest BCUT2D eigenvalue weighted by Crippen LogP contribution is 2.33. The molecular weight excluding hydrogens is 226 g/mol.